The minimum absolute atomic E-state index is 0.0571. The summed E-state index contributed by atoms with van der Waals surface area (Å²) >= 11 is 0. The van der Waals surface area contributed by atoms with Crippen molar-refractivity contribution in [2.45, 2.75) is 26.2 Å². The van der Waals surface area contributed by atoms with Gasteiger partial charge in [-0.05, 0) is 43.4 Å². The molecule has 1 aliphatic carbocycles. The second-order valence-electron chi connectivity index (χ2n) is 5.41. The molecular weight excluding hydrogens is 224 g/mol. The fraction of sp³-hybridized carbons (Fsp3) is 0.533. The van der Waals surface area contributed by atoms with Gasteiger partial charge in [0.2, 0.25) is 0 Å². The van der Waals surface area contributed by atoms with E-state index in [4.69, 9.17) is 0 Å². The highest BCUT2D eigenvalue weighted by Crippen LogP contribution is 2.27. The number of carbonyl (C=O) groups excluding carboxylic acids is 1. The maximum absolute atomic E-state index is 11.9. The number of hydrogen-bond donors (Lipinski definition) is 1. The summed E-state index contributed by atoms with van der Waals surface area (Å²) in [4.78, 5) is 13.5. The predicted molar refractivity (Wildman–Crippen MR) is 75.0 cm³/mol. The number of rotatable bonds is 4. The molecule has 0 aromatic heterocycles. The topological polar surface area (TPSA) is 32.3 Å². The maximum Gasteiger partial charge on any atom is 0.253 e. The highest BCUT2D eigenvalue weighted by Gasteiger charge is 2.17. The van der Waals surface area contributed by atoms with Gasteiger partial charge in [-0.1, -0.05) is 12.5 Å². The second-order valence-corrected chi connectivity index (χ2v) is 5.41. The molecule has 0 radical (unpaired) electrons. The molecule has 0 saturated heterocycles. The van der Waals surface area contributed by atoms with Gasteiger partial charge >= 0.3 is 0 Å². The molecule has 3 heteroatoms. The van der Waals surface area contributed by atoms with Gasteiger partial charge in [0, 0.05) is 31.9 Å². The van der Waals surface area contributed by atoms with Crippen LogP contribution in [0.5, 0.6) is 0 Å². The first kappa shape index (κ1) is 12.9. The molecule has 1 saturated carbocycles. The van der Waals surface area contributed by atoms with Crippen LogP contribution in [0.25, 0.3) is 0 Å². The van der Waals surface area contributed by atoms with Crippen molar-refractivity contribution in [3.8, 4) is 0 Å². The Morgan fingerprint density at radius 2 is 2.11 bits per heavy atom. The van der Waals surface area contributed by atoms with Crippen molar-refractivity contribution in [3.63, 3.8) is 0 Å². The van der Waals surface area contributed by atoms with Crippen LogP contribution < -0.4 is 5.32 Å². The molecule has 0 aliphatic heterocycles. The molecule has 3 nitrogen and oxygen atoms in total. The molecule has 1 fully saturated rings. The Morgan fingerprint density at radius 1 is 1.39 bits per heavy atom. The Kier molecular flexibility index (Phi) is 3.90. The van der Waals surface area contributed by atoms with E-state index in [9.17, 15) is 4.79 Å². The predicted octanol–water partition coefficient (Wildman–Crippen LogP) is 2.91. The standard InChI is InChI=1S/C15H22N2O/c1-11-7-8-13(15(18)17(2)3)9-14(11)16-10-12-5-4-6-12/h7-9,12,16H,4-6,10H2,1-3H3. The summed E-state index contributed by atoms with van der Waals surface area (Å²) in [6, 6.07) is 5.88. The van der Waals surface area contributed by atoms with Crippen molar-refractivity contribution in [2.24, 2.45) is 5.92 Å². The van der Waals surface area contributed by atoms with Crippen LogP contribution in [-0.2, 0) is 0 Å². The molecule has 1 aromatic carbocycles. The van der Waals surface area contributed by atoms with Crippen LogP contribution in [0.15, 0.2) is 18.2 Å². The van der Waals surface area contributed by atoms with E-state index in [2.05, 4.69) is 12.2 Å². The number of anilines is 1. The maximum atomic E-state index is 11.9. The van der Waals surface area contributed by atoms with Crippen LogP contribution in [-0.4, -0.2) is 31.4 Å². The van der Waals surface area contributed by atoms with Gasteiger partial charge in [0.1, 0.15) is 0 Å². The smallest absolute Gasteiger partial charge is 0.253 e. The van der Waals surface area contributed by atoms with Crippen molar-refractivity contribution >= 4 is 11.6 Å². The monoisotopic (exact) mass is 246 g/mol. The Morgan fingerprint density at radius 3 is 2.67 bits per heavy atom. The minimum Gasteiger partial charge on any atom is -0.385 e. The van der Waals surface area contributed by atoms with Crippen LogP contribution >= 0.6 is 0 Å². The zero-order valence-corrected chi connectivity index (χ0v) is 11.5. The van der Waals surface area contributed by atoms with E-state index < -0.39 is 0 Å². The summed E-state index contributed by atoms with van der Waals surface area (Å²) in [5, 5.41) is 3.48. The third-order valence-electron chi connectivity index (χ3n) is 3.70. The summed E-state index contributed by atoms with van der Waals surface area (Å²) in [5.74, 6) is 0.874. The number of amides is 1. The lowest BCUT2D eigenvalue weighted by molar-refractivity contribution is 0.0827. The van der Waals surface area contributed by atoms with E-state index in [0.717, 1.165) is 23.7 Å². The van der Waals surface area contributed by atoms with Gasteiger partial charge in [0.05, 0.1) is 0 Å². The number of nitrogens with zero attached hydrogens (tertiary/aromatic N) is 1. The van der Waals surface area contributed by atoms with Crippen molar-refractivity contribution in [1.29, 1.82) is 0 Å². The molecule has 0 atom stereocenters. The molecule has 0 heterocycles. The lowest BCUT2D eigenvalue weighted by Crippen LogP contribution is -2.23. The fourth-order valence-corrected chi connectivity index (χ4v) is 2.15. The molecule has 1 amide bonds. The van der Waals surface area contributed by atoms with E-state index in [-0.39, 0.29) is 5.91 Å². The van der Waals surface area contributed by atoms with Gasteiger partial charge in [-0.3, -0.25) is 4.79 Å². The number of aryl methyl sites for hydroxylation is 1. The first-order chi connectivity index (χ1) is 8.58. The third-order valence-corrected chi connectivity index (χ3v) is 3.70. The van der Waals surface area contributed by atoms with Crippen molar-refractivity contribution < 1.29 is 4.79 Å². The molecule has 98 valence electrons. The highest BCUT2D eigenvalue weighted by molar-refractivity contribution is 5.95. The summed E-state index contributed by atoms with van der Waals surface area (Å²) in [5.41, 5.74) is 3.04. The van der Waals surface area contributed by atoms with Gasteiger partial charge in [-0.15, -0.1) is 0 Å². The third kappa shape index (κ3) is 2.84. The fourth-order valence-electron chi connectivity index (χ4n) is 2.15. The highest BCUT2D eigenvalue weighted by atomic mass is 16.2. The number of carbonyl (C=O) groups is 1. The summed E-state index contributed by atoms with van der Waals surface area (Å²) < 4.78 is 0. The number of nitrogens with one attached hydrogen (secondary N) is 1. The van der Waals surface area contributed by atoms with E-state index in [1.54, 1.807) is 19.0 Å². The molecule has 2 rings (SSSR count). The second kappa shape index (κ2) is 5.42. The van der Waals surface area contributed by atoms with Crippen LogP contribution in [0.2, 0.25) is 0 Å². The van der Waals surface area contributed by atoms with Crippen molar-refractivity contribution in [1.82, 2.24) is 4.90 Å². The van der Waals surface area contributed by atoms with Crippen LogP contribution in [0, 0.1) is 12.8 Å². The van der Waals surface area contributed by atoms with E-state index >= 15 is 0 Å². The lowest BCUT2D eigenvalue weighted by atomic mass is 9.85. The molecule has 0 bridgehead atoms. The normalized spacial score (nSPS) is 15.1. The molecule has 0 unspecified atom stereocenters. The SMILES string of the molecule is Cc1ccc(C(=O)N(C)C)cc1NCC1CCC1. The Hall–Kier alpha value is -1.51. The summed E-state index contributed by atoms with van der Waals surface area (Å²) in [6.45, 7) is 3.10. The molecular formula is C15H22N2O. The minimum atomic E-state index is 0.0571. The molecule has 1 aliphatic rings. The van der Waals surface area contributed by atoms with Gasteiger partial charge in [-0.25, -0.2) is 0 Å². The Balaban J connectivity index is 2.07. The number of hydrogen-bond acceptors (Lipinski definition) is 2. The van der Waals surface area contributed by atoms with Crippen molar-refractivity contribution in [2.75, 3.05) is 26.0 Å². The van der Waals surface area contributed by atoms with E-state index in [0.29, 0.717) is 0 Å². The Bertz CT molecular complexity index is 436. The van der Waals surface area contributed by atoms with Gasteiger partial charge in [0.25, 0.3) is 5.91 Å². The average Bonchev–Trinajstić information content (AvgIpc) is 2.28. The lowest BCUT2D eigenvalue weighted by Gasteiger charge is -2.26. The summed E-state index contributed by atoms with van der Waals surface area (Å²) in [7, 11) is 3.56. The average molecular weight is 246 g/mol. The molecule has 0 spiro atoms. The van der Waals surface area contributed by atoms with Gasteiger partial charge in [0.15, 0.2) is 0 Å². The molecule has 1 aromatic rings. The summed E-state index contributed by atoms with van der Waals surface area (Å²) in [6.07, 6.45) is 4.04. The van der Waals surface area contributed by atoms with Gasteiger partial charge in [-0.2, -0.15) is 0 Å². The zero-order chi connectivity index (χ0) is 13.1. The van der Waals surface area contributed by atoms with E-state index in [1.165, 1.54) is 24.8 Å². The first-order valence-corrected chi connectivity index (χ1v) is 6.64. The quantitative estimate of drug-likeness (QED) is 0.886. The number of benzene rings is 1. The van der Waals surface area contributed by atoms with Crippen LogP contribution in [0.4, 0.5) is 5.69 Å². The van der Waals surface area contributed by atoms with E-state index in [1.807, 2.05) is 18.2 Å². The van der Waals surface area contributed by atoms with Crippen LogP contribution in [0.1, 0.15) is 35.2 Å². The van der Waals surface area contributed by atoms with Crippen molar-refractivity contribution in [3.05, 3.63) is 29.3 Å². The molecule has 18 heavy (non-hydrogen) atoms. The Labute approximate surface area is 109 Å². The first-order valence-electron chi connectivity index (χ1n) is 6.64. The zero-order valence-electron chi connectivity index (χ0n) is 11.5. The molecule has 1 N–H and O–H groups in total. The van der Waals surface area contributed by atoms with Gasteiger partial charge < -0.3 is 10.2 Å². The largest absolute Gasteiger partial charge is 0.385 e. The van der Waals surface area contributed by atoms with Crippen LogP contribution in [0.3, 0.4) is 0 Å².